The van der Waals surface area contributed by atoms with Crippen molar-refractivity contribution in [3.63, 3.8) is 0 Å². The summed E-state index contributed by atoms with van der Waals surface area (Å²) in [5.41, 5.74) is 0.528. The summed E-state index contributed by atoms with van der Waals surface area (Å²) >= 11 is 6.31. The summed E-state index contributed by atoms with van der Waals surface area (Å²) in [4.78, 5) is 27.1. The molecular formula is C24H24ClNO6. The van der Waals surface area contributed by atoms with E-state index in [0.29, 0.717) is 35.7 Å². The van der Waals surface area contributed by atoms with Crippen molar-refractivity contribution in [2.75, 3.05) is 20.1 Å². The zero-order chi connectivity index (χ0) is 23.0. The third-order valence-corrected chi connectivity index (χ3v) is 6.12. The minimum absolute atomic E-state index is 0.0294. The van der Waals surface area contributed by atoms with Gasteiger partial charge >= 0.3 is 5.97 Å². The number of rotatable bonds is 4. The molecule has 0 unspecified atom stereocenters. The van der Waals surface area contributed by atoms with Crippen molar-refractivity contribution in [1.29, 1.82) is 0 Å². The van der Waals surface area contributed by atoms with E-state index in [0.717, 1.165) is 0 Å². The molecule has 0 spiro atoms. The van der Waals surface area contributed by atoms with Gasteiger partial charge in [0.15, 0.2) is 5.43 Å². The van der Waals surface area contributed by atoms with Crippen molar-refractivity contribution in [3.8, 4) is 22.8 Å². The van der Waals surface area contributed by atoms with Gasteiger partial charge in [0.2, 0.25) is 0 Å². The fraction of sp³-hybridized carbons (Fsp3) is 0.333. The van der Waals surface area contributed by atoms with Crippen LogP contribution in [0.25, 0.3) is 22.3 Å². The van der Waals surface area contributed by atoms with Gasteiger partial charge in [0.05, 0.1) is 11.1 Å². The molecule has 1 saturated heterocycles. The molecule has 2 N–H and O–H groups in total. The van der Waals surface area contributed by atoms with Crippen LogP contribution in [0.1, 0.15) is 31.2 Å². The SMILES string of the molecule is CCC(=O)Oc1cc(O)c2c(=O)cc(-c3ccccc3Cl)oc2c1[C@H]1CCN(C)C[C@H]1O. The molecule has 2 atom stereocenters. The lowest BCUT2D eigenvalue weighted by Gasteiger charge is -2.34. The largest absolute Gasteiger partial charge is 0.507 e. The molecule has 1 fully saturated rings. The highest BCUT2D eigenvalue weighted by Crippen LogP contribution is 2.43. The second-order valence-electron chi connectivity index (χ2n) is 8.02. The standard InChI is InChI=1S/C24H24ClNO6/c1-3-21(30)31-20-11-17(28)23-16(27)10-19(13-6-4-5-7-15(13)25)32-24(23)22(20)14-8-9-26(2)12-18(14)29/h4-7,10-11,14,18,28-29H,3,8-9,12H2,1-2H3/t14-,18+/m0/s1. The molecule has 3 aromatic rings. The first-order valence-electron chi connectivity index (χ1n) is 10.5. The Bertz CT molecular complexity index is 1240. The number of esters is 1. The first-order valence-corrected chi connectivity index (χ1v) is 10.8. The number of ether oxygens (including phenoxy) is 1. The Morgan fingerprint density at radius 1 is 1.31 bits per heavy atom. The zero-order valence-electron chi connectivity index (χ0n) is 17.8. The number of carbonyl (C=O) groups excluding carboxylic acids is 1. The van der Waals surface area contributed by atoms with Crippen LogP contribution in [0.15, 0.2) is 45.6 Å². The van der Waals surface area contributed by atoms with Crippen LogP contribution in [0.3, 0.4) is 0 Å². The van der Waals surface area contributed by atoms with Gasteiger partial charge in [-0.1, -0.05) is 30.7 Å². The molecule has 8 heteroatoms. The molecule has 0 aliphatic carbocycles. The van der Waals surface area contributed by atoms with Gasteiger partial charge < -0.3 is 24.3 Å². The van der Waals surface area contributed by atoms with Crippen molar-refractivity contribution in [3.05, 3.63) is 57.2 Å². The van der Waals surface area contributed by atoms with Crippen LogP contribution in [0.5, 0.6) is 11.5 Å². The van der Waals surface area contributed by atoms with Crippen LogP contribution in [-0.4, -0.2) is 47.3 Å². The van der Waals surface area contributed by atoms with E-state index in [9.17, 15) is 19.8 Å². The number of fused-ring (bicyclic) bond motifs is 1. The van der Waals surface area contributed by atoms with Gasteiger partial charge in [-0.25, -0.2) is 0 Å². The number of nitrogens with zero attached hydrogens (tertiary/aromatic N) is 1. The lowest BCUT2D eigenvalue weighted by Crippen LogP contribution is -2.40. The van der Waals surface area contributed by atoms with Crippen LogP contribution in [0.2, 0.25) is 5.02 Å². The highest BCUT2D eigenvalue weighted by Gasteiger charge is 2.34. The molecule has 168 valence electrons. The molecule has 7 nitrogen and oxygen atoms in total. The Labute approximate surface area is 189 Å². The lowest BCUT2D eigenvalue weighted by atomic mass is 9.85. The smallest absolute Gasteiger partial charge is 0.310 e. The molecule has 0 saturated carbocycles. The number of halogens is 1. The van der Waals surface area contributed by atoms with E-state index in [2.05, 4.69) is 0 Å². The first-order chi connectivity index (χ1) is 15.3. The minimum atomic E-state index is -0.783. The average Bonchev–Trinajstić information content (AvgIpc) is 2.74. The maximum atomic E-state index is 13.0. The summed E-state index contributed by atoms with van der Waals surface area (Å²) < 4.78 is 11.7. The van der Waals surface area contributed by atoms with Gasteiger partial charge in [-0.15, -0.1) is 0 Å². The monoisotopic (exact) mass is 457 g/mol. The number of hydrogen-bond donors (Lipinski definition) is 2. The van der Waals surface area contributed by atoms with Crippen molar-refractivity contribution < 1.29 is 24.2 Å². The predicted molar refractivity (Wildman–Crippen MR) is 121 cm³/mol. The van der Waals surface area contributed by atoms with Crippen molar-refractivity contribution in [1.82, 2.24) is 4.90 Å². The number of benzene rings is 2. The third kappa shape index (κ3) is 4.11. The number of hydrogen-bond acceptors (Lipinski definition) is 7. The Hall–Kier alpha value is -2.87. The van der Waals surface area contributed by atoms with Gasteiger partial charge in [0.25, 0.3) is 0 Å². The van der Waals surface area contributed by atoms with Gasteiger partial charge in [-0.3, -0.25) is 9.59 Å². The number of phenols is 1. The Balaban J connectivity index is 2.02. The summed E-state index contributed by atoms with van der Waals surface area (Å²) in [6.45, 7) is 2.76. The van der Waals surface area contributed by atoms with Crippen LogP contribution in [0.4, 0.5) is 0 Å². The number of aliphatic hydroxyl groups is 1. The van der Waals surface area contributed by atoms with Crippen molar-refractivity contribution in [2.45, 2.75) is 31.8 Å². The average molecular weight is 458 g/mol. The molecule has 2 aromatic carbocycles. The number of aromatic hydroxyl groups is 1. The van der Waals surface area contributed by atoms with E-state index < -0.39 is 23.4 Å². The number of likely N-dealkylation sites (tertiary alicyclic amines) is 1. The number of aliphatic hydroxyl groups excluding tert-OH is 1. The maximum absolute atomic E-state index is 13.0. The number of piperidine rings is 1. The second kappa shape index (κ2) is 8.94. The molecule has 1 aliphatic rings. The molecule has 0 radical (unpaired) electrons. The fourth-order valence-corrected chi connectivity index (χ4v) is 4.39. The Kier molecular flexibility index (Phi) is 6.24. The Morgan fingerprint density at radius 2 is 2.06 bits per heavy atom. The molecular weight excluding hydrogens is 434 g/mol. The molecule has 1 aromatic heterocycles. The molecule has 1 aliphatic heterocycles. The quantitative estimate of drug-likeness (QED) is 0.452. The summed E-state index contributed by atoms with van der Waals surface area (Å²) in [6, 6.07) is 9.46. The van der Waals surface area contributed by atoms with Gasteiger partial charge in [0, 0.05) is 42.1 Å². The topological polar surface area (TPSA) is 100 Å². The van der Waals surface area contributed by atoms with Gasteiger partial charge in [-0.05, 0) is 32.1 Å². The highest BCUT2D eigenvalue weighted by atomic mass is 35.5. The predicted octanol–water partition coefficient (Wildman–Crippen LogP) is 3.91. The maximum Gasteiger partial charge on any atom is 0.310 e. The van der Waals surface area contributed by atoms with E-state index >= 15 is 0 Å². The summed E-state index contributed by atoms with van der Waals surface area (Å²) in [7, 11) is 1.90. The highest BCUT2D eigenvalue weighted by molar-refractivity contribution is 6.33. The molecule has 0 amide bonds. The normalized spacial score (nSPS) is 19.2. The van der Waals surface area contributed by atoms with Crippen LogP contribution >= 0.6 is 11.6 Å². The van der Waals surface area contributed by atoms with Gasteiger partial charge in [0.1, 0.15) is 28.2 Å². The van der Waals surface area contributed by atoms with E-state index in [1.54, 1.807) is 31.2 Å². The van der Waals surface area contributed by atoms with Gasteiger partial charge in [-0.2, -0.15) is 0 Å². The second-order valence-corrected chi connectivity index (χ2v) is 8.43. The van der Waals surface area contributed by atoms with E-state index in [4.69, 9.17) is 20.8 Å². The molecule has 4 rings (SSSR count). The summed E-state index contributed by atoms with van der Waals surface area (Å²) in [6.07, 6.45) is -0.110. The first kappa shape index (κ1) is 22.3. The number of β-amino-alcohol motifs (C(OH)–C–C–N with tert-alkyl or cyclic N) is 1. The summed E-state index contributed by atoms with van der Waals surface area (Å²) in [5.74, 6) is -1.02. The van der Waals surface area contributed by atoms with E-state index in [1.165, 1.54) is 12.1 Å². The number of likely N-dealkylation sites (N-methyl/N-ethyl adjacent to an activating group) is 1. The molecule has 0 bridgehead atoms. The zero-order valence-corrected chi connectivity index (χ0v) is 18.6. The third-order valence-electron chi connectivity index (χ3n) is 5.79. The van der Waals surface area contributed by atoms with E-state index in [-0.39, 0.29) is 34.6 Å². The van der Waals surface area contributed by atoms with Crippen molar-refractivity contribution >= 4 is 28.5 Å². The van der Waals surface area contributed by atoms with Crippen molar-refractivity contribution in [2.24, 2.45) is 0 Å². The summed E-state index contributed by atoms with van der Waals surface area (Å²) in [5, 5.41) is 21.8. The Morgan fingerprint density at radius 3 is 2.75 bits per heavy atom. The fourth-order valence-electron chi connectivity index (χ4n) is 4.16. The van der Waals surface area contributed by atoms with Crippen LogP contribution in [-0.2, 0) is 4.79 Å². The van der Waals surface area contributed by atoms with Crippen LogP contribution < -0.4 is 10.2 Å². The minimum Gasteiger partial charge on any atom is -0.507 e. The van der Waals surface area contributed by atoms with Crippen LogP contribution in [0, 0.1) is 0 Å². The lowest BCUT2D eigenvalue weighted by molar-refractivity contribution is -0.134. The molecule has 2 heterocycles. The molecule has 32 heavy (non-hydrogen) atoms. The van der Waals surface area contributed by atoms with E-state index in [1.807, 2.05) is 11.9 Å². The number of carbonyl (C=O) groups is 1. The number of phenolic OH excluding ortho intramolecular Hbond substituents is 1.